The Morgan fingerprint density at radius 2 is 1.76 bits per heavy atom. The van der Waals surface area contributed by atoms with Gasteiger partial charge in [0.05, 0.1) is 17.8 Å². The predicted octanol–water partition coefficient (Wildman–Crippen LogP) is 1.87. The number of hydrogen-bond donors (Lipinski definition) is 1. The molecule has 12 heteroatoms. The van der Waals surface area contributed by atoms with Crippen LogP contribution in [0.1, 0.15) is 6.42 Å². The van der Waals surface area contributed by atoms with Gasteiger partial charge in [0, 0.05) is 31.9 Å². The molecule has 4 rings (SSSR count). The number of ether oxygens (including phenoxy) is 1. The van der Waals surface area contributed by atoms with Crippen molar-refractivity contribution in [1.82, 2.24) is 19.6 Å². The SMILES string of the molecule is O=C(CCn1nc(-c2cccs2)oc1=O)OCC(=O)N1CCN(C(=O)Nc2ccccc2)CC1. The monoisotopic (exact) mass is 485 g/mol. The van der Waals surface area contributed by atoms with Gasteiger partial charge in [-0.2, -0.15) is 4.68 Å². The van der Waals surface area contributed by atoms with Crippen molar-refractivity contribution < 1.29 is 23.5 Å². The molecule has 11 nitrogen and oxygen atoms in total. The number of carbonyl (C=O) groups is 3. The first-order chi connectivity index (χ1) is 16.5. The Labute approximate surface area is 198 Å². The zero-order valence-corrected chi connectivity index (χ0v) is 19.0. The van der Waals surface area contributed by atoms with Crippen LogP contribution in [0.25, 0.3) is 10.8 Å². The van der Waals surface area contributed by atoms with E-state index in [1.807, 2.05) is 29.6 Å². The standard InChI is InChI=1S/C22H23N5O6S/c28-18(25-10-12-26(13-11-25)21(30)23-16-5-2-1-3-6-16)15-32-19(29)8-9-27-22(31)33-20(24-27)17-7-4-14-34-17/h1-7,14H,8-13,15H2,(H,23,30). The number of piperazine rings is 1. The minimum atomic E-state index is -0.665. The van der Waals surface area contributed by atoms with Gasteiger partial charge in [-0.25, -0.2) is 9.59 Å². The highest BCUT2D eigenvalue weighted by Gasteiger charge is 2.25. The zero-order chi connectivity index (χ0) is 23.9. The topological polar surface area (TPSA) is 127 Å². The number of esters is 1. The number of thiophene rings is 1. The van der Waals surface area contributed by atoms with Crippen molar-refractivity contribution in [3.8, 4) is 10.8 Å². The van der Waals surface area contributed by atoms with Crippen molar-refractivity contribution in [2.75, 3.05) is 38.1 Å². The summed E-state index contributed by atoms with van der Waals surface area (Å²) in [6, 6.07) is 12.5. The van der Waals surface area contributed by atoms with Gasteiger partial charge in [0.15, 0.2) is 6.61 Å². The van der Waals surface area contributed by atoms with Crippen molar-refractivity contribution >= 4 is 34.9 Å². The van der Waals surface area contributed by atoms with E-state index in [0.717, 1.165) is 4.68 Å². The molecule has 0 unspecified atom stereocenters. The van der Waals surface area contributed by atoms with Crippen molar-refractivity contribution in [2.24, 2.45) is 0 Å². The van der Waals surface area contributed by atoms with Crippen LogP contribution in [-0.2, 0) is 20.9 Å². The van der Waals surface area contributed by atoms with E-state index in [-0.39, 0.29) is 30.8 Å². The van der Waals surface area contributed by atoms with Crippen LogP contribution in [0.5, 0.6) is 0 Å². The normalized spacial score (nSPS) is 13.5. The Kier molecular flexibility index (Phi) is 7.38. The lowest BCUT2D eigenvalue weighted by Crippen LogP contribution is -2.52. The van der Waals surface area contributed by atoms with Crippen LogP contribution in [0.4, 0.5) is 10.5 Å². The van der Waals surface area contributed by atoms with E-state index >= 15 is 0 Å². The summed E-state index contributed by atoms with van der Waals surface area (Å²) in [5, 5.41) is 8.72. The Morgan fingerprint density at radius 1 is 1.03 bits per heavy atom. The number of benzene rings is 1. The maximum atomic E-state index is 12.4. The first kappa shape index (κ1) is 23.2. The van der Waals surface area contributed by atoms with Crippen LogP contribution in [-0.4, -0.2) is 70.3 Å². The van der Waals surface area contributed by atoms with Gasteiger partial charge in [0.25, 0.3) is 11.8 Å². The van der Waals surface area contributed by atoms with Gasteiger partial charge in [0.2, 0.25) is 0 Å². The summed E-state index contributed by atoms with van der Waals surface area (Å²) in [6.45, 7) is 1.02. The summed E-state index contributed by atoms with van der Waals surface area (Å²) in [6.07, 6.45) is -0.128. The summed E-state index contributed by atoms with van der Waals surface area (Å²) in [4.78, 5) is 52.5. The summed E-state index contributed by atoms with van der Waals surface area (Å²) >= 11 is 1.38. The van der Waals surface area contributed by atoms with Gasteiger partial charge in [-0.15, -0.1) is 16.4 Å². The largest absolute Gasteiger partial charge is 0.456 e. The molecule has 0 bridgehead atoms. The molecule has 0 radical (unpaired) electrons. The molecule has 34 heavy (non-hydrogen) atoms. The fourth-order valence-corrected chi connectivity index (χ4v) is 3.98. The molecule has 1 N–H and O–H groups in total. The van der Waals surface area contributed by atoms with Crippen LogP contribution in [0.2, 0.25) is 0 Å². The van der Waals surface area contributed by atoms with Crippen molar-refractivity contribution in [3.05, 3.63) is 58.4 Å². The molecule has 1 aliphatic rings. The molecule has 3 amide bonds. The van der Waals surface area contributed by atoms with Crippen LogP contribution >= 0.6 is 11.3 Å². The van der Waals surface area contributed by atoms with Crippen molar-refractivity contribution in [2.45, 2.75) is 13.0 Å². The average Bonchev–Trinajstić information content (AvgIpc) is 3.52. The number of aryl methyl sites for hydroxylation is 1. The second-order valence-corrected chi connectivity index (χ2v) is 8.40. The maximum Gasteiger partial charge on any atom is 0.437 e. The third-order valence-electron chi connectivity index (χ3n) is 5.17. The molecule has 178 valence electrons. The Hall–Kier alpha value is -3.93. The molecule has 0 saturated carbocycles. The van der Waals surface area contributed by atoms with Crippen LogP contribution < -0.4 is 11.1 Å². The number of amides is 3. The smallest absolute Gasteiger partial charge is 0.437 e. The number of carbonyl (C=O) groups excluding carboxylic acids is 3. The highest BCUT2D eigenvalue weighted by molar-refractivity contribution is 7.13. The molecular weight excluding hydrogens is 462 g/mol. The molecule has 1 aromatic carbocycles. The van der Waals surface area contributed by atoms with E-state index < -0.39 is 18.3 Å². The highest BCUT2D eigenvalue weighted by Crippen LogP contribution is 2.21. The number of para-hydroxylation sites is 1. The molecule has 3 heterocycles. The minimum Gasteiger partial charge on any atom is -0.456 e. The predicted molar refractivity (Wildman–Crippen MR) is 123 cm³/mol. The summed E-state index contributed by atoms with van der Waals surface area (Å²) in [7, 11) is 0. The van der Waals surface area contributed by atoms with E-state index in [9.17, 15) is 19.2 Å². The fourth-order valence-electron chi connectivity index (χ4n) is 3.33. The lowest BCUT2D eigenvalue weighted by molar-refractivity contribution is -0.152. The average molecular weight is 486 g/mol. The van der Waals surface area contributed by atoms with Gasteiger partial charge < -0.3 is 24.3 Å². The number of rotatable bonds is 7. The lowest BCUT2D eigenvalue weighted by atomic mass is 10.3. The van der Waals surface area contributed by atoms with Gasteiger partial charge in [0.1, 0.15) is 0 Å². The number of aromatic nitrogens is 2. The fraction of sp³-hybridized carbons (Fsp3) is 0.318. The third-order valence-corrected chi connectivity index (χ3v) is 6.03. The molecule has 1 fully saturated rings. The summed E-state index contributed by atoms with van der Waals surface area (Å²) < 4.78 is 11.2. The summed E-state index contributed by atoms with van der Waals surface area (Å²) in [5.41, 5.74) is 0.702. The molecule has 1 aliphatic heterocycles. The highest BCUT2D eigenvalue weighted by atomic mass is 32.1. The molecule has 2 aromatic heterocycles. The number of nitrogens with one attached hydrogen (secondary N) is 1. The second-order valence-electron chi connectivity index (χ2n) is 7.45. The third kappa shape index (κ3) is 5.90. The number of nitrogens with zero attached hydrogens (tertiary/aromatic N) is 4. The van der Waals surface area contributed by atoms with E-state index in [1.54, 1.807) is 28.0 Å². The van der Waals surface area contributed by atoms with Crippen LogP contribution in [0.3, 0.4) is 0 Å². The first-order valence-electron chi connectivity index (χ1n) is 10.7. The second kappa shape index (κ2) is 10.8. The first-order valence-corrected chi connectivity index (χ1v) is 11.5. The Balaban J connectivity index is 1.17. The van der Waals surface area contributed by atoms with Gasteiger partial charge in [-0.05, 0) is 23.6 Å². The minimum absolute atomic E-state index is 0.0179. The molecule has 0 atom stereocenters. The van der Waals surface area contributed by atoms with E-state index in [2.05, 4.69) is 10.4 Å². The summed E-state index contributed by atoms with van der Waals surface area (Å²) in [5.74, 6) is -1.43. The maximum absolute atomic E-state index is 12.4. The van der Waals surface area contributed by atoms with E-state index in [1.165, 1.54) is 11.3 Å². The van der Waals surface area contributed by atoms with E-state index in [4.69, 9.17) is 9.15 Å². The molecule has 3 aromatic rings. The Morgan fingerprint density at radius 3 is 2.47 bits per heavy atom. The van der Waals surface area contributed by atoms with Crippen molar-refractivity contribution in [3.63, 3.8) is 0 Å². The number of hydrogen-bond acceptors (Lipinski definition) is 8. The number of urea groups is 1. The number of anilines is 1. The van der Waals surface area contributed by atoms with Crippen LogP contribution in [0, 0.1) is 0 Å². The molecule has 1 saturated heterocycles. The Bertz CT molecular complexity index is 1180. The molecule has 0 spiro atoms. The quantitative estimate of drug-likeness (QED) is 0.506. The van der Waals surface area contributed by atoms with Gasteiger partial charge in [-0.3, -0.25) is 9.59 Å². The lowest BCUT2D eigenvalue weighted by Gasteiger charge is -2.34. The molecule has 0 aliphatic carbocycles. The van der Waals surface area contributed by atoms with Gasteiger partial charge in [-0.1, -0.05) is 24.3 Å². The van der Waals surface area contributed by atoms with Gasteiger partial charge >= 0.3 is 17.8 Å². The molecular formula is C22H23N5O6S. The van der Waals surface area contributed by atoms with Crippen LogP contribution in [0.15, 0.2) is 57.1 Å². The zero-order valence-electron chi connectivity index (χ0n) is 18.2. The van der Waals surface area contributed by atoms with Crippen molar-refractivity contribution in [1.29, 1.82) is 0 Å². The van der Waals surface area contributed by atoms with E-state index in [0.29, 0.717) is 36.7 Å².